The highest BCUT2D eigenvalue weighted by molar-refractivity contribution is 5.88. The molecule has 0 aliphatic heterocycles. The number of fused-ring (bicyclic) bond motifs is 2. The van der Waals surface area contributed by atoms with Crippen molar-refractivity contribution in [2.24, 2.45) is 11.3 Å². The minimum atomic E-state index is -4.66. The molecule has 0 nitrogen and oxygen atoms in total. The molecule has 0 amide bonds. The Kier molecular flexibility index (Phi) is 10.3. The van der Waals surface area contributed by atoms with Crippen molar-refractivity contribution in [3.63, 3.8) is 0 Å². The monoisotopic (exact) mass is 768 g/mol. The molecule has 0 fully saturated rings. The predicted octanol–water partition coefficient (Wildman–Crippen LogP) is 13.4. The summed E-state index contributed by atoms with van der Waals surface area (Å²) < 4.78 is 86.8. The molecule has 2 aliphatic carbocycles. The summed E-state index contributed by atoms with van der Waals surface area (Å²) >= 11 is 0. The number of rotatable bonds is 5. The molecule has 0 N–H and O–H groups in total. The molecule has 0 bridgehead atoms. The van der Waals surface area contributed by atoms with Gasteiger partial charge < -0.3 is 0 Å². The zero-order valence-corrected chi connectivity index (χ0v) is 34.8. The second-order valence-corrected chi connectivity index (χ2v) is 18.8. The summed E-state index contributed by atoms with van der Waals surface area (Å²) in [6.45, 7) is 25.8. The van der Waals surface area contributed by atoms with E-state index in [4.69, 9.17) is 0 Å². The molecule has 4 aromatic carbocycles. The van der Waals surface area contributed by atoms with E-state index in [0.717, 1.165) is 86.1 Å². The first-order valence-corrected chi connectivity index (χ1v) is 19.6. The zero-order chi connectivity index (χ0) is 41.5. The number of hydrogen-bond donors (Lipinski definition) is 0. The quantitative estimate of drug-likeness (QED) is 0.156. The standard InChI is InChI=1S/C50H54F6/c1-13-16-30-22-36(46(4,5)6)26-37(30)41-29(3)45(48(10,11)12)44(43-38-27-40(47(7,8)9)28(2)21-33(38)25-39(41)43)42(31-17-14-19-34(23-31)49(51,52)53)32-18-15-20-35(24-32)50(54,55)56/h14-15,17-27,30H,13,16H2,1-12H3. The maximum Gasteiger partial charge on any atom is 0.416 e. The van der Waals surface area contributed by atoms with Gasteiger partial charge in [0.1, 0.15) is 0 Å². The predicted molar refractivity (Wildman–Crippen MR) is 219 cm³/mol. The first-order chi connectivity index (χ1) is 25.7. The van der Waals surface area contributed by atoms with E-state index < -0.39 is 28.9 Å². The van der Waals surface area contributed by atoms with Crippen LogP contribution in [-0.2, 0) is 23.2 Å². The molecule has 0 aromatic heterocycles. The first kappa shape index (κ1) is 41.3. The third kappa shape index (κ3) is 7.57. The van der Waals surface area contributed by atoms with Gasteiger partial charge in [-0.05, 0) is 155 Å². The SMILES string of the molecule is CCCC1C=C(C(C)(C)C)C=C1c1c(C)c(C(C)(C)C)c(=C(c2cccc(C(F)(F)F)c2)c2cccc(C(F)(F)F)c2)c2c1C=c1cc(C)c(C(C)(C)C)cc1=2. The Balaban J connectivity index is 2.00. The van der Waals surface area contributed by atoms with E-state index in [2.05, 4.69) is 113 Å². The molecule has 56 heavy (non-hydrogen) atoms. The van der Waals surface area contributed by atoms with Gasteiger partial charge in [0.25, 0.3) is 0 Å². The fraction of sp³-hybridized carbons (Fsp3) is 0.400. The molecule has 0 heterocycles. The lowest BCUT2D eigenvalue weighted by atomic mass is 9.74. The zero-order valence-electron chi connectivity index (χ0n) is 34.8. The fourth-order valence-corrected chi connectivity index (χ4v) is 8.97. The molecular formula is C50H54F6. The summed E-state index contributed by atoms with van der Waals surface area (Å²) in [6.07, 6.45) is -0.476. The third-order valence-corrected chi connectivity index (χ3v) is 11.4. The van der Waals surface area contributed by atoms with Crippen molar-refractivity contribution in [3.8, 4) is 0 Å². The number of benzene rings is 4. The largest absolute Gasteiger partial charge is 0.416 e. The summed E-state index contributed by atoms with van der Waals surface area (Å²) in [7, 11) is 0. The summed E-state index contributed by atoms with van der Waals surface area (Å²) in [5, 5.41) is 3.44. The van der Waals surface area contributed by atoms with Crippen molar-refractivity contribution in [2.75, 3.05) is 0 Å². The Morgan fingerprint density at radius 1 is 0.661 bits per heavy atom. The number of halogens is 6. The van der Waals surface area contributed by atoms with E-state index in [-0.39, 0.29) is 27.9 Å². The maximum atomic E-state index is 14.5. The van der Waals surface area contributed by atoms with Gasteiger partial charge in [-0.2, -0.15) is 26.3 Å². The van der Waals surface area contributed by atoms with Crippen LogP contribution in [0.1, 0.15) is 138 Å². The normalized spacial score (nSPS) is 16.0. The van der Waals surface area contributed by atoms with Gasteiger partial charge in [-0.25, -0.2) is 0 Å². The van der Waals surface area contributed by atoms with Crippen LogP contribution in [0.5, 0.6) is 0 Å². The van der Waals surface area contributed by atoms with E-state index in [1.54, 1.807) is 12.1 Å². The minimum absolute atomic E-state index is 0.100. The lowest BCUT2D eigenvalue weighted by Crippen LogP contribution is -2.30. The number of aryl methyl sites for hydroxylation is 1. The topological polar surface area (TPSA) is 0 Å². The molecule has 0 radical (unpaired) electrons. The second-order valence-electron chi connectivity index (χ2n) is 18.8. The van der Waals surface area contributed by atoms with Gasteiger partial charge in [0, 0.05) is 5.92 Å². The van der Waals surface area contributed by atoms with E-state index >= 15 is 0 Å². The second kappa shape index (κ2) is 14.0. The summed E-state index contributed by atoms with van der Waals surface area (Å²) in [5.74, 6) is 0.148. The molecule has 6 rings (SSSR count). The molecule has 4 aromatic rings. The van der Waals surface area contributed by atoms with Crippen LogP contribution in [0.25, 0.3) is 17.2 Å². The molecule has 6 heteroatoms. The summed E-state index contributed by atoms with van der Waals surface area (Å²) in [6, 6.07) is 14.5. The van der Waals surface area contributed by atoms with E-state index in [1.165, 1.54) is 23.3 Å². The van der Waals surface area contributed by atoms with Crippen molar-refractivity contribution < 1.29 is 26.3 Å². The van der Waals surface area contributed by atoms with E-state index in [9.17, 15) is 26.3 Å². The van der Waals surface area contributed by atoms with Gasteiger partial charge >= 0.3 is 12.4 Å². The van der Waals surface area contributed by atoms with Crippen LogP contribution in [0, 0.1) is 35.6 Å². The Bertz CT molecular complexity index is 2460. The van der Waals surface area contributed by atoms with Crippen LogP contribution in [0.3, 0.4) is 0 Å². The van der Waals surface area contributed by atoms with Gasteiger partial charge in [-0.1, -0.05) is 118 Å². The van der Waals surface area contributed by atoms with Crippen LogP contribution < -0.4 is 10.4 Å². The van der Waals surface area contributed by atoms with Crippen molar-refractivity contribution >= 4 is 17.2 Å². The molecule has 0 saturated carbocycles. The Hall–Kier alpha value is -4.32. The van der Waals surface area contributed by atoms with Crippen molar-refractivity contribution in [3.05, 3.63) is 155 Å². The highest BCUT2D eigenvalue weighted by atomic mass is 19.4. The van der Waals surface area contributed by atoms with E-state index in [1.807, 2.05) is 0 Å². The molecule has 1 unspecified atom stereocenters. The summed E-state index contributed by atoms with van der Waals surface area (Å²) in [4.78, 5) is 0. The van der Waals surface area contributed by atoms with Crippen LogP contribution in [0.4, 0.5) is 26.3 Å². The molecule has 0 spiro atoms. The molecule has 2 aliphatic rings. The van der Waals surface area contributed by atoms with Crippen LogP contribution in [0.2, 0.25) is 0 Å². The van der Waals surface area contributed by atoms with Gasteiger partial charge in [-0.15, -0.1) is 0 Å². The Labute approximate surface area is 328 Å². The molecule has 296 valence electrons. The average Bonchev–Trinajstić information content (AvgIpc) is 3.64. The fourth-order valence-electron chi connectivity index (χ4n) is 8.97. The lowest BCUT2D eigenvalue weighted by molar-refractivity contribution is -0.138. The summed E-state index contributed by atoms with van der Waals surface area (Å²) in [5.41, 5.74) is 6.75. The Morgan fingerprint density at radius 2 is 1.21 bits per heavy atom. The van der Waals surface area contributed by atoms with Gasteiger partial charge in [0.05, 0.1) is 11.1 Å². The highest BCUT2D eigenvalue weighted by Crippen LogP contribution is 2.46. The van der Waals surface area contributed by atoms with Crippen LogP contribution in [-0.4, -0.2) is 0 Å². The Morgan fingerprint density at radius 3 is 1.68 bits per heavy atom. The van der Waals surface area contributed by atoms with Crippen molar-refractivity contribution in [1.29, 1.82) is 0 Å². The van der Waals surface area contributed by atoms with Gasteiger partial charge in [0.2, 0.25) is 0 Å². The van der Waals surface area contributed by atoms with Crippen LogP contribution >= 0.6 is 0 Å². The first-order valence-electron chi connectivity index (χ1n) is 19.6. The number of alkyl halides is 6. The number of allylic oxidation sites excluding steroid dienone is 4. The maximum absolute atomic E-state index is 14.5. The van der Waals surface area contributed by atoms with Gasteiger partial charge in [0.15, 0.2) is 0 Å². The van der Waals surface area contributed by atoms with Gasteiger partial charge in [-0.3, -0.25) is 0 Å². The average molecular weight is 769 g/mol. The van der Waals surface area contributed by atoms with E-state index in [0.29, 0.717) is 10.8 Å². The smallest absolute Gasteiger partial charge is 0.166 e. The highest BCUT2D eigenvalue weighted by Gasteiger charge is 2.35. The molecule has 0 saturated heterocycles. The van der Waals surface area contributed by atoms with Crippen LogP contribution in [0.15, 0.2) is 78.4 Å². The lowest BCUT2D eigenvalue weighted by Gasteiger charge is -2.29. The number of hydrogen-bond acceptors (Lipinski definition) is 0. The molecular weight excluding hydrogens is 715 g/mol. The molecule has 1 atom stereocenters. The van der Waals surface area contributed by atoms with Crippen molar-refractivity contribution in [1.82, 2.24) is 0 Å². The third-order valence-electron chi connectivity index (χ3n) is 11.4. The van der Waals surface area contributed by atoms with Crippen molar-refractivity contribution in [2.45, 2.75) is 119 Å². The minimum Gasteiger partial charge on any atom is -0.166 e.